The van der Waals surface area contributed by atoms with Gasteiger partial charge in [-0.3, -0.25) is 4.98 Å². The smallest absolute Gasteiger partial charge is 0.163 e. The monoisotopic (exact) mass is 254 g/mol. The number of hydrogen-bond donors (Lipinski definition) is 0. The molecule has 1 aromatic heterocycles. The number of benzene rings is 1. The second kappa shape index (κ2) is 6.53. The summed E-state index contributed by atoms with van der Waals surface area (Å²) in [5.74, 6) is 1.15. The molecule has 2 rings (SSSR count). The summed E-state index contributed by atoms with van der Waals surface area (Å²) in [5, 5.41) is 8.97. The minimum atomic E-state index is 0.467. The zero-order valence-corrected chi connectivity index (χ0v) is 10.7. The van der Waals surface area contributed by atoms with E-state index in [9.17, 15) is 0 Å². The van der Waals surface area contributed by atoms with Crippen LogP contribution in [0.3, 0.4) is 0 Å². The SMILES string of the molecule is COCCc1ccc(Oc2cnccc2C#N)cc1. The van der Waals surface area contributed by atoms with Crippen LogP contribution in [0.25, 0.3) is 0 Å². The summed E-state index contributed by atoms with van der Waals surface area (Å²) in [7, 11) is 1.68. The second-order valence-corrected chi connectivity index (χ2v) is 3.97. The van der Waals surface area contributed by atoms with Crippen molar-refractivity contribution >= 4 is 0 Å². The lowest BCUT2D eigenvalue weighted by atomic mass is 10.1. The number of nitriles is 1. The van der Waals surface area contributed by atoms with Gasteiger partial charge in [-0.25, -0.2) is 0 Å². The van der Waals surface area contributed by atoms with Gasteiger partial charge in [-0.2, -0.15) is 5.26 Å². The van der Waals surface area contributed by atoms with E-state index in [1.807, 2.05) is 24.3 Å². The van der Waals surface area contributed by atoms with Gasteiger partial charge in [0.05, 0.1) is 18.4 Å². The molecule has 1 aromatic carbocycles. The van der Waals surface area contributed by atoms with Crippen LogP contribution in [0.4, 0.5) is 0 Å². The van der Waals surface area contributed by atoms with E-state index in [4.69, 9.17) is 14.7 Å². The normalized spacial score (nSPS) is 9.89. The Hall–Kier alpha value is -2.38. The van der Waals surface area contributed by atoms with Gasteiger partial charge < -0.3 is 9.47 Å². The van der Waals surface area contributed by atoms with Crippen molar-refractivity contribution in [2.24, 2.45) is 0 Å². The Kier molecular flexibility index (Phi) is 4.49. The molecule has 0 N–H and O–H groups in total. The van der Waals surface area contributed by atoms with Gasteiger partial charge in [0.2, 0.25) is 0 Å². The number of pyridine rings is 1. The molecule has 4 heteroatoms. The molecule has 0 unspecified atom stereocenters. The van der Waals surface area contributed by atoms with E-state index in [2.05, 4.69) is 11.1 Å². The number of hydrogen-bond acceptors (Lipinski definition) is 4. The van der Waals surface area contributed by atoms with Crippen LogP contribution in [0, 0.1) is 11.3 Å². The third-order valence-electron chi connectivity index (χ3n) is 2.65. The molecule has 0 fully saturated rings. The molecule has 4 nitrogen and oxygen atoms in total. The molecule has 0 aliphatic rings. The fraction of sp³-hybridized carbons (Fsp3) is 0.200. The lowest BCUT2D eigenvalue weighted by Gasteiger charge is -2.07. The highest BCUT2D eigenvalue weighted by Crippen LogP contribution is 2.24. The molecule has 0 radical (unpaired) electrons. The third kappa shape index (κ3) is 3.54. The van der Waals surface area contributed by atoms with E-state index in [0.717, 1.165) is 6.42 Å². The highest BCUT2D eigenvalue weighted by Gasteiger charge is 2.04. The van der Waals surface area contributed by atoms with Crippen LogP contribution in [-0.2, 0) is 11.2 Å². The van der Waals surface area contributed by atoms with E-state index in [0.29, 0.717) is 23.7 Å². The second-order valence-electron chi connectivity index (χ2n) is 3.97. The van der Waals surface area contributed by atoms with E-state index in [-0.39, 0.29) is 0 Å². The van der Waals surface area contributed by atoms with Crippen LogP contribution in [-0.4, -0.2) is 18.7 Å². The van der Waals surface area contributed by atoms with Crippen LogP contribution in [0.5, 0.6) is 11.5 Å². The Morgan fingerprint density at radius 1 is 1.21 bits per heavy atom. The molecule has 0 saturated heterocycles. The lowest BCUT2D eigenvalue weighted by molar-refractivity contribution is 0.202. The van der Waals surface area contributed by atoms with Crippen LogP contribution in [0.15, 0.2) is 42.7 Å². The third-order valence-corrected chi connectivity index (χ3v) is 2.65. The van der Waals surface area contributed by atoms with Gasteiger partial charge in [-0.1, -0.05) is 12.1 Å². The minimum absolute atomic E-state index is 0.467. The van der Waals surface area contributed by atoms with E-state index in [1.165, 1.54) is 11.8 Å². The first-order valence-electron chi connectivity index (χ1n) is 5.93. The van der Waals surface area contributed by atoms with Crippen LogP contribution < -0.4 is 4.74 Å². The molecule has 0 spiro atoms. The zero-order valence-electron chi connectivity index (χ0n) is 10.7. The maximum atomic E-state index is 8.97. The van der Waals surface area contributed by atoms with Gasteiger partial charge >= 0.3 is 0 Å². The van der Waals surface area contributed by atoms with Crippen molar-refractivity contribution in [1.29, 1.82) is 5.26 Å². The van der Waals surface area contributed by atoms with E-state index >= 15 is 0 Å². The molecular formula is C15H14N2O2. The van der Waals surface area contributed by atoms with Crippen LogP contribution >= 0.6 is 0 Å². The molecule has 2 aromatic rings. The lowest BCUT2D eigenvalue weighted by Crippen LogP contribution is -1.94. The predicted octanol–water partition coefficient (Wildman–Crippen LogP) is 2.93. The Morgan fingerprint density at radius 3 is 2.68 bits per heavy atom. The standard InChI is InChI=1S/C15H14N2O2/c1-18-9-7-12-2-4-14(5-3-12)19-15-11-17-8-6-13(15)10-16/h2-6,8,11H,7,9H2,1H3. The Morgan fingerprint density at radius 2 is 2.00 bits per heavy atom. The van der Waals surface area contributed by atoms with Crippen molar-refractivity contribution in [2.75, 3.05) is 13.7 Å². The molecule has 0 amide bonds. The van der Waals surface area contributed by atoms with Crippen LogP contribution in [0.2, 0.25) is 0 Å². The quantitative estimate of drug-likeness (QED) is 0.823. The molecule has 0 atom stereocenters. The van der Waals surface area contributed by atoms with Gasteiger partial charge in [-0.05, 0) is 30.2 Å². The maximum Gasteiger partial charge on any atom is 0.163 e. The van der Waals surface area contributed by atoms with Crippen molar-refractivity contribution in [3.8, 4) is 17.6 Å². The highest BCUT2D eigenvalue weighted by molar-refractivity contribution is 5.43. The molecule has 1 heterocycles. The summed E-state index contributed by atoms with van der Waals surface area (Å²) in [6.45, 7) is 0.696. The summed E-state index contributed by atoms with van der Waals surface area (Å²) < 4.78 is 10.7. The van der Waals surface area contributed by atoms with Crippen molar-refractivity contribution < 1.29 is 9.47 Å². The topological polar surface area (TPSA) is 55.1 Å². The fourth-order valence-electron chi connectivity index (χ4n) is 1.62. The summed E-state index contributed by atoms with van der Waals surface area (Å²) in [6.07, 6.45) is 3.98. The average molecular weight is 254 g/mol. The minimum Gasteiger partial charge on any atom is -0.454 e. The van der Waals surface area contributed by atoms with Gasteiger partial charge in [0.1, 0.15) is 11.8 Å². The first kappa shape index (κ1) is 13.1. The van der Waals surface area contributed by atoms with Gasteiger partial charge in [-0.15, -0.1) is 0 Å². The maximum absolute atomic E-state index is 8.97. The summed E-state index contributed by atoms with van der Waals surface area (Å²) in [6, 6.07) is 11.4. The highest BCUT2D eigenvalue weighted by atomic mass is 16.5. The summed E-state index contributed by atoms with van der Waals surface area (Å²) in [4.78, 5) is 3.95. The van der Waals surface area contributed by atoms with Crippen molar-refractivity contribution in [1.82, 2.24) is 4.98 Å². The molecule has 0 aliphatic heterocycles. The van der Waals surface area contributed by atoms with E-state index in [1.54, 1.807) is 19.4 Å². The van der Waals surface area contributed by atoms with Crippen molar-refractivity contribution in [2.45, 2.75) is 6.42 Å². The molecule has 19 heavy (non-hydrogen) atoms. The van der Waals surface area contributed by atoms with E-state index < -0.39 is 0 Å². The van der Waals surface area contributed by atoms with Crippen molar-refractivity contribution in [3.63, 3.8) is 0 Å². The molecule has 0 bridgehead atoms. The van der Waals surface area contributed by atoms with Gasteiger partial charge in [0, 0.05) is 13.3 Å². The number of nitrogens with zero attached hydrogens (tertiary/aromatic N) is 2. The van der Waals surface area contributed by atoms with Gasteiger partial charge in [0.15, 0.2) is 5.75 Å². The Balaban J connectivity index is 2.09. The summed E-state index contributed by atoms with van der Waals surface area (Å²) >= 11 is 0. The predicted molar refractivity (Wildman–Crippen MR) is 71.0 cm³/mol. The number of aromatic nitrogens is 1. The van der Waals surface area contributed by atoms with Crippen molar-refractivity contribution in [3.05, 3.63) is 53.9 Å². The first-order chi connectivity index (χ1) is 9.33. The van der Waals surface area contributed by atoms with Crippen LogP contribution in [0.1, 0.15) is 11.1 Å². The first-order valence-corrected chi connectivity index (χ1v) is 5.93. The molecule has 0 aliphatic carbocycles. The number of rotatable bonds is 5. The Labute approximate surface area is 112 Å². The average Bonchev–Trinajstić information content (AvgIpc) is 2.47. The zero-order chi connectivity index (χ0) is 13.5. The van der Waals surface area contributed by atoms with Gasteiger partial charge in [0.25, 0.3) is 0 Å². The molecular weight excluding hydrogens is 240 g/mol. The Bertz CT molecular complexity index is 573. The molecule has 0 saturated carbocycles. The number of ether oxygens (including phenoxy) is 2. The fourth-order valence-corrected chi connectivity index (χ4v) is 1.62. The summed E-state index contributed by atoms with van der Waals surface area (Å²) in [5.41, 5.74) is 1.65. The number of methoxy groups -OCH3 is 1. The largest absolute Gasteiger partial charge is 0.454 e. The molecule has 96 valence electrons.